The Morgan fingerprint density at radius 3 is 2.58 bits per heavy atom. The lowest BCUT2D eigenvalue weighted by Gasteiger charge is -2.34. The lowest BCUT2D eigenvalue weighted by molar-refractivity contribution is -0.126. The van der Waals surface area contributed by atoms with Gasteiger partial charge in [0.05, 0.1) is 7.11 Å². The maximum Gasteiger partial charge on any atom is 0.247 e. The molecule has 1 heterocycles. The highest BCUT2D eigenvalue weighted by molar-refractivity contribution is 7.89. The fraction of sp³-hybridized carbons (Fsp3) is 0.235. The monoisotopic (exact) mass is 414 g/mol. The van der Waals surface area contributed by atoms with E-state index < -0.39 is 22.0 Å². The van der Waals surface area contributed by atoms with Gasteiger partial charge in [-0.15, -0.1) is 0 Å². The molecule has 138 valence electrons. The van der Waals surface area contributed by atoms with E-state index in [-0.39, 0.29) is 28.8 Å². The molecular formula is C17H16Cl2N2O4S. The van der Waals surface area contributed by atoms with Crippen molar-refractivity contribution in [3.05, 3.63) is 58.1 Å². The molecule has 0 bridgehead atoms. The Hall–Kier alpha value is -1.80. The van der Waals surface area contributed by atoms with Gasteiger partial charge in [0.25, 0.3) is 0 Å². The number of nitrogens with one attached hydrogen (secondary N) is 1. The van der Waals surface area contributed by atoms with Crippen molar-refractivity contribution in [2.75, 3.05) is 20.2 Å². The standard InChI is InChI=1S/C17H16Cl2N2O4S/c1-25-14-6-5-13(19)10-15(14)26(23,24)21-8-7-20-17(22)16(21)11-3-2-4-12(18)9-11/h2-6,9-10,16H,7-8H2,1H3,(H,20,22). The molecule has 2 aromatic carbocycles. The molecule has 0 radical (unpaired) electrons. The van der Waals surface area contributed by atoms with Crippen LogP contribution in [-0.2, 0) is 14.8 Å². The summed E-state index contributed by atoms with van der Waals surface area (Å²) in [5, 5.41) is 3.37. The predicted molar refractivity (Wildman–Crippen MR) is 99.1 cm³/mol. The second kappa shape index (κ2) is 7.44. The van der Waals surface area contributed by atoms with Gasteiger partial charge in [0.1, 0.15) is 16.7 Å². The number of hydrogen-bond acceptors (Lipinski definition) is 4. The molecule has 1 saturated heterocycles. The number of carbonyl (C=O) groups excluding carboxylic acids is 1. The number of sulfonamides is 1. The van der Waals surface area contributed by atoms with Crippen LogP contribution in [0.15, 0.2) is 47.4 Å². The molecule has 1 aliphatic heterocycles. The summed E-state index contributed by atoms with van der Waals surface area (Å²) in [6.07, 6.45) is 0. The average molecular weight is 415 g/mol. The second-order valence-electron chi connectivity index (χ2n) is 5.66. The highest BCUT2D eigenvalue weighted by Gasteiger charge is 2.40. The maximum absolute atomic E-state index is 13.3. The molecule has 0 aliphatic carbocycles. The number of piperazine rings is 1. The van der Waals surface area contributed by atoms with Crippen LogP contribution in [-0.4, -0.2) is 38.8 Å². The average Bonchev–Trinajstić information content (AvgIpc) is 2.61. The predicted octanol–water partition coefficient (Wildman–Crippen LogP) is 2.86. The van der Waals surface area contributed by atoms with Crippen LogP contribution in [0.1, 0.15) is 11.6 Å². The van der Waals surface area contributed by atoms with Gasteiger partial charge in [0, 0.05) is 23.1 Å². The van der Waals surface area contributed by atoms with E-state index in [1.807, 2.05) is 0 Å². The third-order valence-electron chi connectivity index (χ3n) is 4.04. The van der Waals surface area contributed by atoms with Crippen molar-refractivity contribution in [3.8, 4) is 5.75 Å². The summed E-state index contributed by atoms with van der Waals surface area (Å²) in [5.74, 6) is -0.256. The number of carbonyl (C=O) groups is 1. The molecule has 2 aromatic rings. The first kappa shape index (κ1) is 19.0. The fourth-order valence-electron chi connectivity index (χ4n) is 2.88. The van der Waals surface area contributed by atoms with Crippen LogP contribution in [0.3, 0.4) is 0 Å². The lowest BCUT2D eigenvalue weighted by atomic mass is 10.0. The molecule has 9 heteroatoms. The van der Waals surface area contributed by atoms with Crippen LogP contribution in [0.4, 0.5) is 0 Å². The Labute approximate surface area is 161 Å². The van der Waals surface area contributed by atoms with Crippen molar-refractivity contribution >= 4 is 39.1 Å². The highest BCUT2D eigenvalue weighted by Crippen LogP contribution is 2.35. The number of methoxy groups -OCH3 is 1. The molecule has 1 N–H and O–H groups in total. The topological polar surface area (TPSA) is 75.7 Å². The summed E-state index contributed by atoms with van der Waals surface area (Å²) < 4.78 is 32.9. The van der Waals surface area contributed by atoms with Crippen molar-refractivity contribution in [2.24, 2.45) is 0 Å². The molecule has 0 spiro atoms. The van der Waals surface area contributed by atoms with E-state index in [0.29, 0.717) is 10.6 Å². The zero-order valence-corrected chi connectivity index (χ0v) is 16.1. The van der Waals surface area contributed by atoms with Gasteiger partial charge in [-0.2, -0.15) is 4.31 Å². The third kappa shape index (κ3) is 3.53. The first-order chi connectivity index (χ1) is 12.3. The number of amides is 1. The van der Waals surface area contributed by atoms with Gasteiger partial charge in [-0.05, 0) is 35.9 Å². The second-order valence-corrected chi connectivity index (χ2v) is 8.39. The Kier molecular flexibility index (Phi) is 5.43. The van der Waals surface area contributed by atoms with Crippen LogP contribution in [0.2, 0.25) is 10.0 Å². The van der Waals surface area contributed by atoms with Crippen LogP contribution < -0.4 is 10.1 Å². The molecule has 0 aromatic heterocycles. The summed E-state index contributed by atoms with van der Waals surface area (Å²) in [7, 11) is -2.68. The van der Waals surface area contributed by atoms with Crippen LogP contribution in [0.25, 0.3) is 0 Å². The van der Waals surface area contributed by atoms with E-state index in [2.05, 4.69) is 5.32 Å². The molecule has 1 aliphatic rings. The van der Waals surface area contributed by atoms with Crippen molar-refractivity contribution in [2.45, 2.75) is 10.9 Å². The summed E-state index contributed by atoms with van der Waals surface area (Å²) in [6, 6.07) is 9.88. The minimum absolute atomic E-state index is 0.0887. The van der Waals surface area contributed by atoms with Crippen molar-refractivity contribution in [1.82, 2.24) is 9.62 Å². The molecule has 26 heavy (non-hydrogen) atoms. The number of rotatable bonds is 4. The van der Waals surface area contributed by atoms with E-state index in [0.717, 1.165) is 4.31 Å². The van der Waals surface area contributed by atoms with Gasteiger partial charge in [-0.1, -0.05) is 35.3 Å². The molecule has 1 atom stereocenters. The molecule has 0 saturated carbocycles. The van der Waals surface area contributed by atoms with E-state index in [9.17, 15) is 13.2 Å². The molecule has 1 amide bonds. The number of ether oxygens (including phenoxy) is 1. The van der Waals surface area contributed by atoms with E-state index in [4.69, 9.17) is 27.9 Å². The normalized spacial score (nSPS) is 18.4. The number of hydrogen-bond donors (Lipinski definition) is 1. The Morgan fingerprint density at radius 1 is 1.15 bits per heavy atom. The zero-order chi connectivity index (χ0) is 18.9. The Balaban J connectivity index is 2.13. The smallest absolute Gasteiger partial charge is 0.247 e. The van der Waals surface area contributed by atoms with Gasteiger partial charge in [-0.3, -0.25) is 4.79 Å². The van der Waals surface area contributed by atoms with Gasteiger partial charge in [0.15, 0.2) is 0 Å². The SMILES string of the molecule is COc1ccc(Cl)cc1S(=O)(=O)N1CCNC(=O)C1c1cccc(Cl)c1. The van der Waals surface area contributed by atoms with E-state index >= 15 is 0 Å². The van der Waals surface area contributed by atoms with Crippen molar-refractivity contribution in [3.63, 3.8) is 0 Å². The molecular weight excluding hydrogens is 399 g/mol. The van der Waals surface area contributed by atoms with Crippen molar-refractivity contribution < 1.29 is 17.9 Å². The highest BCUT2D eigenvalue weighted by atomic mass is 35.5. The molecule has 3 rings (SSSR count). The van der Waals surface area contributed by atoms with Crippen LogP contribution in [0.5, 0.6) is 5.75 Å². The first-order valence-electron chi connectivity index (χ1n) is 7.73. The molecule has 1 fully saturated rings. The third-order valence-corrected chi connectivity index (χ3v) is 6.40. The molecule has 6 nitrogen and oxygen atoms in total. The Morgan fingerprint density at radius 2 is 1.88 bits per heavy atom. The van der Waals surface area contributed by atoms with Crippen molar-refractivity contribution in [1.29, 1.82) is 0 Å². The summed E-state index contributed by atoms with van der Waals surface area (Å²) in [5.41, 5.74) is 0.485. The maximum atomic E-state index is 13.3. The van der Waals surface area contributed by atoms with Crippen LogP contribution >= 0.6 is 23.2 Å². The van der Waals surface area contributed by atoms with E-state index in [1.165, 1.54) is 25.3 Å². The van der Waals surface area contributed by atoms with Crippen LogP contribution in [0, 0.1) is 0 Å². The minimum Gasteiger partial charge on any atom is -0.495 e. The molecule has 1 unspecified atom stereocenters. The fourth-order valence-corrected chi connectivity index (χ4v) is 5.07. The lowest BCUT2D eigenvalue weighted by Crippen LogP contribution is -2.52. The van der Waals surface area contributed by atoms with Gasteiger partial charge < -0.3 is 10.1 Å². The summed E-state index contributed by atoms with van der Waals surface area (Å²) >= 11 is 12.0. The number of halogens is 2. The van der Waals surface area contributed by atoms with Gasteiger partial charge in [0.2, 0.25) is 15.9 Å². The van der Waals surface area contributed by atoms with E-state index in [1.54, 1.807) is 24.3 Å². The summed E-state index contributed by atoms with van der Waals surface area (Å²) in [4.78, 5) is 12.4. The van der Waals surface area contributed by atoms with Gasteiger partial charge in [-0.25, -0.2) is 8.42 Å². The number of benzene rings is 2. The number of nitrogens with zero attached hydrogens (tertiary/aromatic N) is 1. The largest absolute Gasteiger partial charge is 0.495 e. The summed E-state index contributed by atoms with van der Waals surface area (Å²) in [6.45, 7) is 0.318. The minimum atomic E-state index is -4.05. The first-order valence-corrected chi connectivity index (χ1v) is 9.93. The quantitative estimate of drug-likeness (QED) is 0.834. The Bertz CT molecular complexity index is 950. The van der Waals surface area contributed by atoms with Gasteiger partial charge >= 0.3 is 0 Å². The zero-order valence-electron chi connectivity index (χ0n) is 13.8.